The van der Waals surface area contributed by atoms with Crippen LogP contribution >= 0.6 is 0 Å². The number of rotatable bonds is 4. The Labute approximate surface area is 126 Å². The Hall–Kier alpha value is -2.96. The van der Waals surface area contributed by atoms with E-state index < -0.39 is 0 Å². The lowest BCUT2D eigenvalue weighted by Gasteiger charge is -2.05. The van der Waals surface area contributed by atoms with E-state index in [1.807, 2.05) is 6.92 Å². The van der Waals surface area contributed by atoms with Crippen LogP contribution < -0.4 is 11.0 Å². The standard InChI is InChI=1S/C15H15N5O2/c1-2-19-14-11(6-5-9-17-14)20(15(19)22)10-13(21)18-12-7-3-4-8-16-12/h3-9H,2,10H2,1H3,(H,16,18,21). The molecule has 3 rings (SSSR count). The number of imidazole rings is 1. The topological polar surface area (TPSA) is 81.8 Å². The van der Waals surface area contributed by atoms with Crippen LogP contribution in [0.15, 0.2) is 47.5 Å². The number of nitrogens with zero attached hydrogens (tertiary/aromatic N) is 4. The third-order valence-corrected chi connectivity index (χ3v) is 3.32. The van der Waals surface area contributed by atoms with Gasteiger partial charge in [-0.05, 0) is 31.2 Å². The van der Waals surface area contributed by atoms with Crippen molar-refractivity contribution in [1.82, 2.24) is 19.1 Å². The number of anilines is 1. The van der Waals surface area contributed by atoms with Crippen molar-refractivity contribution in [2.24, 2.45) is 0 Å². The van der Waals surface area contributed by atoms with Gasteiger partial charge in [-0.1, -0.05) is 6.07 Å². The number of pyridine rings is 2. The lowest BCUT2D eigenvalue weighted by Crippen LogP contribution is -2.29. The summed E-state index contributed by atoms with van der Waals surface area (Å²) in [5, 5.41) is 2.67. The summed E-state index contributed by atoms with van der Waals surface area (Å²) in [5.74, 6) is 0.151. The van der Waals surface area contributed by atoms with Gasteiger partial charge in [0.1, 0.15) is 12.4 Å². The predicted octanol–water partition coefficient (Wildman–Crippen LogP) is 1.25. The van der Waals surface area contributed by atoms with E-state index in [1.165, 1.54) is 4.57 Å². The first-order valence-corrected chi connectivity index (χ1v) is 6.95. The average molecular weight is 297 g/mol. The Balaban J connectivity index is 1.92. The van der Waals surface area contributed by atoms with E-state index in [0.717, 1.165) is 0 Å². The molecule has 0 atom stereocenters. The van der Waals surface area contributed by atoms with E-state index in [2.05, 4.69) is 15.3 Å². The largest absolute Gasteiger partial charge is 0.330 e. The van der Waals surface area contributed by atoms with Crippen molar-refractivity contribution in [3.63, 3.8) is 0 Å². The summed E-state index contributed by atoms with van der Waals surface area (Å²) in [6.45, 7) is 2.29. The number of fused-ring (bicyclic) bond motifs is 1. The summed E-state index contributed by atoms with van der Waals surface area (Å²) in [6.07, 6.45) is 3.22. The summed E-state index contributed by atoms with van der Waals surface area (Å²) in [7, 11) is 0. The monoisotopic (exact) mass is 297 g/mol. The van der Waals surface area contributed by atoms with Gasteiger partial charge in [-0.15, -0.1) is 0 Å². The molecule has 7 nitrogen and oxygen atoms in total. The zero-order valence-electron chi connectivity index (χ0n) is 12.1. The molecule has 0 saturated carbocycles. The minimum atomic E-state index is -0.306. The summed E-state index contributed by atoms with van der Waals surface area (Å²) >= 11 is 0. The molecule has 0 saturated heterocycles. The van der Waals surface area contributed by atoms with Crippen LogP contribution in [0.2, 0.25) is 0 Å². The van der Waals surface area contributed by atoms with Crippen LogP contribution in [-0.2, 0) is 17.9 Å². The van der Waals surface area contributed by atoms with Crippen LogP contribution in [0.4, 0.5) is 5.82 Å². The molecule has 7 heteroatoms. The van der Waals surface area contributed by atoms with Crippen LogP contribution in [0.1, 0.15) is 6.92 Å². The quantitative estimate of drug-likeness (QED) is 0.786. The average Bonchev–Trinajstić information content (AvgIpc) is 2.80. The summed E-state index contributed by atoms with van der Waals surface area (Å²) in [4.78, 5) is 32.8. The maximum Gasteiger partial charge on any atom is 0.330 e. The van der Waals surface area contributed by atoms with Gasteiger partial charge in [0, 0.05) is 18.9 Å². The lowest BCUT2D eigenvalue weighted by molar-refractivity contribution is -0.116. The maximum atomic E-state index is 12.4. The highest BCUT2D eigenvalue weighted by Crippen LogP contribution is 2.10. The van der Waals surface area contributed by atoms with Crippen LogP contribution in [0, 0.1) is 0 Å². The van der Waals surface area contributed by atoms with Gasteiger partial charge in [0.15, 0.2) is 5.65 Å². The predicted molar refractivity (Wildman–Crippen MR) is 82.5 cm³/mol. The molecular formula is C15H15N5O2. The van der Waals surface area contributed by atoms with Crippen LogP contribution in [0.5, 0.6) is 0 Å². The SMILES string of the molecule is CCn1c(=O)n(CC(=O)Nc2ccccn2)c2cccnc21. The van der Waals surface area contributed by atoms with Gasteiger partial charge in [0.25, 0.3) is 0 Å². The number of aromatic nitrogens is 4. The second kappa shape index (κ2) is 5.80. The number of nitrogens with one attached hydrogen (secondary N) is 1. The van der Waals surface area contributed by atoms with E-state index in [0.29, 0.717) is 23.5 Å². The zero-order chi connectivity index (χ0) is 15.5. The first kappa shape index (κ1) is 14.0. The molecule has 0 radical (unpaired) electrons. The first-order chi connectivity index (χ1) is 10.7. The van der Waals surface area contributed by atoms with Crippen molar-refractivity contribution >= 4 is 22.9 Å². The highest BCUT2D eigenvalue weighted by Gasteiger charge is 2.15. The smallest absolute Gasteiger partial charge is 0.309 e. The summed E-state index contributed by atoms with van der Waals surface area (Å²) in [6, 6.07) is 8.76. The minimum Gasteiger partial charge on any atom is -0.309 e. The Morgan fingerprint density at radius 2 is 1.95 bits per heavy atom. The van der Waals surface area contributed by atoms with Crippen molar-refractivity contribution in [3.05, 3.63) is 53.2 Å². The van der Waals surface area contributed by atoms with Crippen molar-refractivity contribution < 1.29 is 4.79 Å². The molecule has 1 N–H and O–H groups in total. The molecule has 0 aliphatic rings. The molecule has 112 valence electrons. The molecule has 0 fully saturated rings. The summed E-state index contributed by atoms with van der Waals surface area (Å²) < 4.78 is 2.97. The molecule has 0 spiro atoms. The number of hydrogen-bond donors (Lipinski definition) is 1. The third kappa shape index (κ3) is 2.48. The summed E-state index contributed by atoms with van der Waals surface area (Å²) in [5.41, 5.74) is 0.985. The second-order valence-electron chi connectivity index (χ2n) is 4.72. The number of hydrogen-bond acceptors (Lipinski definition) is 4. The molecule has 0 unspecified atom stereocenters. The van der Waals surface area contributed by atoms with Crippen molar-refractivity contribution in [2.45, 2.75) is 20.0 Å². The van der Waals surface area contributed by atoms with Gasteiger partial charge in [0.05, 0.1) is 5.52 Å². The molecule has 3 aromatic heterocycles. The molecule has 0 aliphatic carbocycles. The molecule has 3 aromatic rings. The van der Waals surface area contributed by atoms with Crippen molar-refractivity contribution in [3.8, 4) is 0 Å². The maximum absolute atomic E-state index is 12.4. The van der Waals surface area contributed by atoms with Crippen molar-refractivity contribution in [1.29, 1.82) is 0 Å². The van der Waals surface area contributed by atoms with Crippen molar-refractivity contribution in [2.75, 3.05) is 5.32 Å². The molecule has 1 amide bonds. The fourth-order valence-corrected chi connectivity index (χ4v) is 2.35. The number of carbonyl (C=O) groups is 1. The first-order valence-electron chi connectivity index (χ1n) is 6.95. The highest BCUT2D eigenvalue weighted by molar-refractivity contribution is 5.90. The van der Waals surface area contributed by atoms with E-state index in [4.69, 9.17) is 0 Å². The minimum absolute atomic E-state index is 0.0788. The fraction of sp³-hybridized carbons (Fsp3) is 0.200. The van der Waals surface area contributed by atoms with Gasteiger partial charge in [-0.25, -0.2) is 14.8 Å². The molecular weight excluding hydrogens is 282 g/mol. The molecule has 3 heterocycles. The van der Waals surface area contributed by atoms with Gasteiger partial charge in [0.2, 0.25) is 5.91 Å². The third-order valence-electron chi connectivity index (χ3n) is 3.32. The molecule has 22 heavy (non-hydrogen) atoms. The Morgan fingerprint density at radius 1 is 1.14 bits per heavy atom. The molecule has 0 aromatic carbocycles. The van der Waals surface area contributed by atoms with Gasteiger partial charge < -0.3 is 5.32 Å². The van der Waals surface area contributed by atoms with E-state index in [1.54, 1.807) is 47.3 Å². The lowest BCUT2D eigenvalue weighted by atomic mass is 10.4. The fourth-order valence-electron chi connectivity index (χ4n) is 2.35. The number of amides is 1. The Morgan fingerprint density at radius 3 is 2.68 bits per heavy atom. The zero-order valence-corrected chi connectivity index (χ0v) is 12.1. The van der Waals surface area contributed by atoms with Crippen LogP contribution in [-0.4, -0.2) is 25.0 Å². The van der Waals surface area contributed by atoms with Gasteiger partial charge >= 0.3 is 5.69 Å². The normalized spacial score (nSPS) is 10.8. The van der Waals surface area contributed by atoms with E-state index in [9.17, 15) is 9.59 Å². The number of aryl methyl sites for hydroxylation is 1. The van der Waals surface area contributed by atoms with Gasteiger partial charge in [-0.3, -0.25) is 13.9 Å². The van der Waals surface area contributed by atoms with Crippen LogP contribution in [0.3, 0.4) is 0 Å². The van der Waals surface area contributed by atoms with E-state index >= 15 is 0 Å². The van der Waals surface area contributed by atoms with Gasteiger partial charge in [-0.2, -0.15) is 0 Å². The molecule has 0 bridgehead atoms. The Kier molecular flexibility index (Phi) is 3.69. The Bertz CT molecular complexity index is 867. The van der Waals surface area contributed by atoms with Crippen LogP contribution in [0.25, 0.3) is 11.2 Å². The highest BCUT2D eigenvalue weighted by atomic mass is 16.2. The molecule has 0 aliphatic heterocycles. The van der Waals surface area contributed by atoms with E-state index in [-0.39, 0.29) is 18.1 Å². The second-order valence-corrected chi connectivity index (χ2v) is 4.72. The number of carbonyl (C=O) groups excluding carboxylic acids is 1.